The zero-order chi connectivity index (χ0) is 11.1. The van der Waals surface area contributed by atoms with Crippen LogP contribution in [0.5, 0.6) is 5.75 Å². The molecule has 15 heavy (non-hydrogen) atoms. The molecule has 0 saturated heterocycles. The lowest BCUT2D eigenvalue weighted by molar-refractivity contribution is 0.360. The minimum absolute atomic E-state index is 0.631. The molecule has 1 N–H and O–H groups in total. The van der Waals surface area contributed by atoms with E-state index < -0.39 is 0 Å². The van der Waals surface area contributed by atoms with Crippen LogP contribution in [0.4, 0.5) is 0 Å². The van der Waals surface area contributed by atoms with Crippen LogP contribution in [0.2, 0.25) is 0 Å². The Bertz CT molecular complexity index is 331. The highest BCUT2D eigenvalue weighted by Gasteiger charge is 1.97. The topological polar surface area (TPSA) is 21.3 Å². The molecule has 0 unspecified atom stereocenters. The largest absolute Gasteiger partial charge is 0.489 e. The lowest BCUT2D eigenvalue weighted by atomic mass is 10.1. The highest BCUT2D eigenvalue weighted by Crippen LogP contribution is 2.18. The first kappa shape index (κ1) is 11.8. The Morgan fingerprint density at radius 2 is 2.07 bits per heavy atom. The van der Waals surface area contributed by atoms with Crippen molar-refractivity contribution >= 4 is 0 Å². The fourth-order valence-corrected chi connectivity index (χ4v) is 1.37. The molecule has 0 radical (unpaired) electrons. The van der Waals surface area contributed by atoms with Gasteiger partial charge in [0.1, 0.15) is 12.4 Å². The molecule has 2 heteroatoms. The maximum Gasteiger partial charge on any atom is 0.122 e. The summed E-state index contributed by atoms with van der Waals surface area (Å²) in [6.07, 6.45) is 4.08. The third-order valence-corrected chi connectivity index (χ3v) is 2.15. The lowest BCUT2D eigenvalue weighted by Gasteiger charge is -2.07. The molecule has 0 aromatic heterocycles. The molecule has 0 atom stereocenters. The van der Waals surface area contributed by atoms with Gasteiger partial charge in [-0.05, 0) is 32.5 Å². The van der Waals surface area contributed by atoms with E-state index in [9.17, 15) is 0 Å². The van der Waals surface area contributed by atoms with Gasteiger partial charge in [-0.1, -0.05) is 29.8 Å². The number of hydrogen-bond acceptors (Lipinski definition) is 2. The molecule has 0 aliphatic carbocycles. The molecule has 0 spiro atoms. The van der Waals surface area contributed by atoms with Crippen LogP contribution in [-0.2, 0) is 0 Å². The normalized spacial score (nSPS) is 10.9. The first-order chi connectivity index (χ1) is 7.24. The third kappa shape index (κ3) is 4.17. The molecular formula is C13H19NO. The molecule has 2 nitrogen and oxygen atoms in total. The Hall–Kier alpha value is -1.28. The van der Waals surface area contributed by atoms with Gasteiger partial charge in [0, 0.05) is 6.54 Å². The van der Waals surface area contributed by atoms with Crippen molar-refractivity contribution in [2.45, 2.75) is 13.8 Å². The Kier molecular flexibility index (Phi) is 4.91. The quantitative estimate of drug-likeness (QED) is 0.746. The maximum atomic E-state index is 5.62. The Morgan fingerprint density at radius 3 is 2.73 bits per heavy atom. The van der Waals surface area contributed by atoms with Crippen LogP contribution in [-0.4, -0.2) is 20.2 Å². The first-order valence-electron chi connectivity index (χ1n) is 5.23. The highest BCUT2D eigenvalue weighted by atomic mass is 16.5. The van der Waals surface area contributed by atoms with Crippen molar-refractivity contribution < 1.29 is 4.74 Å². The van der Waals surface area contributed by atoms with Gasteiger partial charge < -0.3 is 10.1 Å². The van der Waals surface area contributed by atoms with Crippen molar-refractivity contribution in [2.24, 2.45) is 0 Å². The molecule has 1 aromatic carbocycles. The summed E-state index contributed by atoms with van der Waals surface area (Å²) in [5, 5.41) is 3.04. The Labute approximate surface area is 92.0 Å². The van der Waals surface area contributed by atoms with Gasteiger partial charge in [0.2, 0.25) is 0 Å². The Morgan fingerprint density at radius 1 is 1.27 bits per heavy atom. The molecule has 0 heterocycles. The number of aryl methyl sites for hydroxylation is 2. The number of ether oxygens (including phenoxy) is 1. The third-order valence-electron chi connectivity index (χ3n) is 2.15. The molecule has 0 fully saturated rings. The molecule has 82 valence electrons. The number of nitrogens with one attached hydrogen (secondary N) is 1. The maximum absolute atomic E-state index is 5.62. The monoisotopic (exact) mass is 205 g/mol. The van der Waals surface area contributed by atoms with E-state index in [2.05, 4.69) is 37.4 Å². The van der Waals surface area contributed by atoms with Crippen LogP contribution in [0.15, 0.2) is 30.4 Å². The molecule has 0 amide bonds. The molecule has 0 saturated carbocycles. The highest BCUT2D eigenvalue weighted by molar-refractivity contribution is 5.35. The van der Waals surface area contributed by atoms with Crippen molar-refractivity contribution in [1.82, 2.24) is 5.32 Å². The van der Waals surface area contributed by atoms with Crippen molar-refractivity contribution in [1.29, 1.82) is 0 Å². The van der Waals surface area contributed by atoms with Crippen LogP contribution >= 0.6 is 0 Å². The lowest BCUT2D eigenvalue weighted by Crippen LogP contribution is -2.04. The summed E-state index contributed by atoms with van der Waals surface area (Å²) in [6.45, 7) is 5.67. The molecule has 1 rings (SSSR count). The van der Waals surface area contributed by atoms with Gasteiger partial charge in [-0.25, -0.2) is 0 Å². The summed E-state index contributed by atoms with van der Waals surface area (Å²) in [6, 6.07) is 6.23. The van der Waals surface area contributed by atoms with E-state index in [1.54, 1.807) is 0 Å². The summed E-state index contributed by atoms with van der Waals surface area (Å²) in [7, 11) is 1.93. The summed E-state index contributed by atoms with van der Waals surface area (Å²) < 4.78 is 5.62. The van der Waals surface area contributed by atoms with Gasteiger partial charge in [-0.3, -0.25) is 0 Å². The summed E-state index contributed by atoms with van der Waals surface area (Å²) in [5.74, 6) is 0.967. The predicted octanol–water partition coefficient (Wildman–Crippen LogP) is 2.46. The SMILES string of the molecule is CNCC=CCOc1ccc(C)cc1C. The van der Waals surface area contributed by atoms with Crippen LogP contribution in [0, 0.1) is 13.8 Å². The van der Waals surface area contributed by atoms with Crippen molar-refractivity contribution in [3.05, 3.63) is 41.5 Å². The average Bonchev–Trinajstić information content (AvgIpc) is 2.20. The van der Waals surface area contributed by atoms with Crippen LogP contribution < -0.4 is 10.1 Å². The van der Waals surface area contributed by atoms with E-state index in [-0.39, 0.29) is 0 Å². The van der Waals surface area contributed by atoms with E-state index in [1.807, 2.05) is 19.2 Å². The van der Waals surface area contributed by atoms with Gasteiger partial charge in [0.25, 0.3) is 0 Å². The second kappa shape index (κ2) is 6.25. The second-order valence-corrected chi connectivity index (χ2v) is 3.61. The van der Waals surface area contributed by atoms with E-state index in [0.29, 0.717) is 6.61 Å². The number of hydrogen-bond donors (Lipinski definition) is 1. The van der Waals surface area contributed by atoms with Gasteiger partial charge in [0.05, 0.1) is 0 Å². The molecule has 0 aliphatic heterocycles. The van der Waals surface area contributed by atoms with E-state index in [4.69, 9.17) is 4.74 Å². The van der Waals surface area contributed by atoms with Crippen LogP contribution in [0.1, 0.15) is 11.1 Å². The van der Waals surface area contributed by atoms with Gasteiger partial charge in [-0.15, -0.1) is 0 Å². The second-order valence-electron chi connectivity index (χ2n) is 3.61. The smallest absolute Gasteiger partial charge is 0.122 e. The fourth-order valence-electron chi connectivity index (χ4n) is 1.37. The summed E-state index contributed by atoms with van der Waals surface area (Å²) >= 11 is 0. The van der Waals surface area contributed by atoms with Crippen LogP contribution in [0.25, 0.3) is 0 Å². The number of likely N-dealkylation sites (N-methyl/N-ethyl adjacent to an activating group) is 1. The van der Waals surface area contributed by atoms with Crippen molar-refractivity contribution in [3.63, 3.8) is 0 Å². The van der Waals surface area contributed by atoms with Gasteiger partial charge in [-0.2, -0.15) is 0 Å². The molecule has 0 aliphatic rings. The average molecular weight is 205 g/mol. The van der Waals surface area contributed by atoms with Crippen molar-refractivity contribution in [2.75, 3.05) is 20.2 Å². The standard InChI is InChI=1S/C13H19NO/c1-11-6-7-13(12(2)10-11)15-9-5-4-8-14-3/h4-7,10,14H,8-9H2,1-3H3. The Balaban J connectivity index is 2.44. The minimum atomic E-state index is 0.631. The van der Waals surface area contributed by atoms with Crippen molar-refractivity contribution in [3.8, 4) is 5.75 Å². The van der Waals surface area contributed by atoms with Crippen LogP contribution in [0.3, 0.4) is 0 Å². The van der Waals surface area contributed by atoms with E-state index in [1.165, 1.54) is 11.1 Å². The zero-order valence-electron chi connectivity index (χ0n) is 9.71. The summed E-state index contributed by atoms with van der Waals surface area (Å²) in [4.78, 5) is 0. The first-order valence-corrected chi connectivity index (χ1v) is 5.23. The van der Waals surface area contributed by atoms with E-state index >= 15 is 0 Å². The van der Waals surface area contributed by atoms with Gasteiger partial charge >= 0.3 is 0 Å². The molecular weight excluding hydrogens is 186 g/mol. The summed E-state index contributed by atoms with van der Waals surface area (Å²) in [5.41, 5.74) is 2.46. The number of benzene rings is 1. The van der Waals surface area contributed by atoms with E-state index in [0.717, 1.165) is 12.3 Å². The molecule has 1 aromatic rings. The molecule has 0 bridgehead atoms. The number of rotatable bonds is 5. The zero-order valence-corrected chi connectivity index (χ0v) is 9.71. The minimum Gasteiger partial charge on any atom is -0.489 e. The predicted molar refractivity (Wildman–Crippen MR) is 64.5 cm³/mol. The van der Waals surface area contributed by atoms with Gasteiger partial charge in [0.15, 0.2) is 0 Å². The fraction of sp³-hybridized carbons (Fsp3) is 0.385.